The number of carbonyl (C=O) groups excluding carboxylic acids is 2. The van der Waals surface area contributed by atoms with Crippen molar-refractivity contribution in [3.8, 4) is 5.75 Å². The van der Waals surface area contributed by atoms with Gasteiger partial charge in [0.1, 0.15) is 11.9 Å². The second kappa shape index (κ2) is 9.64. The third kappa shape index (κ3) is 4.51. The summed E-state index contributed by atoms with van der Waals surface area (Å²) in [6, 6.07) is 19.2. The van der Waals surface area contributed by atoms with Crippen molar-refractivity contribution in [2.45, 2.75) is 32.3 Å². The summed E-state index contributed by atoms with van der Waals surface area (Å²) in [6.45, 7) is 4.30. The molecule has 5 rings (SSSR count). The molecule has 0 radical (unpaired) electrons. The first kappa shape index (κ1) is 22.1. The zero-order chi connectivity index (χ0) is 23.5. The van der Waals surface area contributed by atoms with Crippen LogP contribution in [0.3, 0.4) is 0 Å². The van der Waals surface area contributed by atoms with Gasteiger partial charge < -0.3 is 19.3 Å². The second-order valence-corrected chi connectivity index (χ2v) is 8.47. The lowest BCUT2D eigenvalue weighted by Gasteiger charge is -2.35. The van der Waals surface area contributed by atoms with E-state index in [0.29, 0.717) is 49.9 Å². The zero-order valence-corrected chi connectivity index (χ0v) is 19.0. The van der Waals surface area contributed by atoms with Crippen LogP contribution in [0.2, 0.25) is 0 Å². The Balaban J connectivity index is 1.18. The molecule has 3 aromatic rings. The van der Waals surface area contributed by atoms with E-state index in [1.165, 1.54) is 0 Å². The highest BCUT2D eigenvalue weighted by Gasteiger charge is 2.33. The Morgan fingerprint density at radius 2 is 1.62 bits per heavy atom. The van der Waals surface area contributed by atoms with Crippen LogP contribution in [0.4, 0.5) is 0 Å². The molecule has 0 N–H and O–H groups in total. The number of hydrogen-bond donors (Lipinski definition) is 0. The van der Waals surface area contributed by atoms with Gasteiger partial charge in [-0.25, -0.2) is 4.68 Å². The largest absolute Gasteiger partial charge is 0.481 e. The maximum absolute atomic E-state index is 13.2. The minimum absolute atomic E-state index is 0.0858. The molecule has 9 nitrogen and oxygen atoms in total. The lowest BCUT2D eigenvalue weighted by molar-refractivity contribution is -0.139. The Bertz CT molecular complexity index is 1140. The van der Waals surface area contributed by atoms with Crippen molar-refractivity contribution in [3.63, 3.8) is 0 Å². The first-order chi connectivity index (χ1) is 16.6. The van der Waals surface area contributed by atoms with Crippen LogP contribution in [0.25, 0.3) is 0 Å². The van der Waals surface area contributed by atoms with Crippen LogP contribution in [0.1, 0.15) is 34.8 Å². The Kier molecular flexibility index (Phi) is 6.27. The quantitative estimate of drug-likeness (QED) is 0.579. The molecule has 9 heteroatoms. The molecule has 0 unspecified atom stereocenters. The fourth-order valence-corrected chi connectivity index (χ4v) is 4.34. The Labute approximate surface area is 197 Å². The van der Waals surface area contributed by atoms with Crippen LogP contribution in [0, 0.1) is 0 Å². The van der Waals surface area contributed by atoms with Crippen molar-refractivity contribution in [2.24, 2.45) is 0 Å². The van der Waals surface area contributed by atoms with Crippen LogP contribution in [0.5, 0.6) is 5.75 Å². The van der Waals surface area contributed by atoms with Crippen LogP contribution < -0.4 is 4.74 Å². The van der Waals surface area contributed by atoms with Crippen LogP contribution in [-0.4, -0.2) is 68.9 Å². The highest BCUT2D eigenvalue weighted by molar-refractivity contribution is 5.93. The summed E-state index contributed by atoms with van der Waals surface area (Å²) < 4.78 is 13.5. The Morgan fingerprint density at radius 1 is 0.971 bits per heavy atom. The predicted octanol–water partition coefficient (Wildman–Crippen LogP) is 2.30. The van der Waals surface area contributed by atoms with E-state index in [9.17, 15) is 9.59 Å². The van der Waals surface area contributed by atoms with Crippen LogP contribution >= 0.6 is 0 Å². The maximum Gasteiger partial charge on any atom is 0.276 e. The molecule has 34 heavy (non-hydrogen) atoms. The number of amides is 2. The molecule has 1 fully saturated rings. The molecule has 2 amide bonds. The van der Waals surface area contributed by atoms with Crippen molar-refractivity contribution < 1.29 is 19.1 Å². The predicted molar refractivity (Wildman–Crippen MR) is 123 cm³/mol. The third-order valence-electron chi connectivity index (χ3n) is 6.25. The summed E-state index contributed by atoms with van der Waals surface area (Å²) in [6.07, 6.45) is -0.711. The Hall–Kier alpha value is -3.72. The van der Waals surface area contributed by atoms with Gasteiger partial charge in [0.15, 0.2) is 11.8 Å². The van der Waals surface area contributed by atoms with Crippen molar-refractivity contribution >= 4 is 11.8 Å². The molecular weight excluding hydrogens is 434 g/mol. The molecule has 0 saturated carbocycles. The van der Waals surface area contributed by atoms with Crippen molar-refractivity contribution in [3.05, 3.63) is 77.6 Å². The fraction of sp³-hybridized carbons (Fsp3) is 0.360. The molecule has 1 saturated heterocycles. The molecule has 2 aliphatic rings. The number of aromatic nitrogens is 3. The van der Waals surface area contributed by atoms with E-state index in [0.717, 1.165) is 5.56 Å². The van der Waals surface area contributed by atoms with Gasteiger partial charge in [-0.15, -0.1) is 5.10 Å². The first-order valence-corrected chi connectivity index (χ1v) is 11.5. The lowest BCUT2D eigenvalue weighted by atomic mass is 10.1. The van der Waals surface area contributed by atoms with E-state index in [2.05, 4.69) is 10.3 Å². The van der Waals surface area contributed by atoms with Crippen molar-refractivity contribution in [2.75, 3.05) is 26.2 Å². The van der Waals surface area contributed by atoms with Crippen molar-refractivity contribution in [1.29, 1.82) is 0 Å². The first-order valence-electron chi connectivity index (χ1n) is 11.5. The summed E-state index contributed by atoms with van der Waals surface area (Å²) in [5.41, 5.74) is 2.09. The highest BCUT2D eigenvalue weighted by Crippen LogP contribution is 2.27. The number of rotatable bonds is 5. The topological polar surface area (TPSA) is 89.8 Å². The smallest absolute Gasteiger partial charge is 0.276 e. The number of nitrogens with zero attached hydrogens (tertiary/aromatic N) is 5. The van der Waals surface area contributed by atoms with Gasteiger partial charge in [0, 0.05) is 26.2 Å². The molecule has 176 valence electrons. The molecule has 1 aromatic heterocycles. The van der Waals surface area contributed by atoms with E-state index in [1.807, 2.05) is 60.7 Å². The molecule has 3 heterocycles. The SMILES string of the molecule is C[C@H](Oc1ccccc1)C(=O)N1CCN(C(=O)c2nnn3c2CO[C@H](c2ccccc2)C3)CC1. The van der Waals surface area contributed by atoms with Crippen molar-refractivity contribution in [1.82, 2.24) is 24.8 Å². The van der Waals surface area contributed by atoms with E-state index < -0.39 is 6.10 Å². The standard InChI is InChI=1S/C25H27N5O4/c1-18(34-20-10-6-3-7-11-20)24(31)28-12-14-29(15-13-28)25(32)23-21-17-33-22(16-30(21)27-26-23)19-8-4-2-5-9-19/h2-11,18,22H,12-17H2,1H3/t18-,22-/m0/s1. The fourth-order valence-electron chi connectivity index (χ4n) is 4.34. The summed E-state index contributed by atoms with van der Waals surface area (Å²) in [7, 11) is 0. The average Bonchev–Trinajstić information content (AvgIpc) is 3.32. The summed E-state index contributed by atoms with van der Waals surface area (Å²) >= 11 is 0. The Morgan fingerprint density at radius 3 is 2.32 bits per heavy atom. The summed E-state index contributed by atoms with van der Waals surface area (Å²) in [4.78, 5) is 29.4. The number of ether oxygens (including phenoxy) is 2. The van der Waals surface area contributed by atoms with E-state index >= 15 is 0 Å². The minimum Gasteiger partial charge on any atom is -0.481 e. The molecule has 2 atom stereocenters. The number of carbonyl (C=O) groups is 2. The van der Waals surface area contributed by atoms with Gasteiger partial charge in [0.25, 0.3) is 11.8 Å². The third-order valence-corrected chi connectivity index (χ3v) is 6.25. The van der Waals surface area contributed by atoms with Crippen LogP contribution in [-0.2, 0) is 22.7 Å². The van der Waals surface area contributed by atoms with E-state index in [1.54, 1.807) is 21.4 Å². The zero-order valence-electron chi connectivity index (χ0n) is 19.0. The molecule has 2 aromatic carbocycles. The van der Waals surface area contributed by atoms with Gasteiger partial charge in [0.2, 0.25) is 0 Å². The van der Waals surface area contributed by atoms with Gasteiger partial charge in [-0.05, 0) is 24.6 Å². The molecule has 0 spiro atoms. The number of piperazine rings is 1. The maximum atomic E-state index is 13.2. The summed E-state index contributed by atoms with van der Waals surface area (Å²) in [5.74, 6) is 0.395. The van der Waals surface area contributed by atoms with Gasteiger partial charge in [-0.1, -0.05) is 53.7 Å². The van der Waals surface area contributed by atoms with E-state index in [4.69, 9.17) is 9.47 Å². The number of para-hydroxylation sites is 1. The summed E-state index contributed by atoms with van der Waals surface area (Å²) in [5, 5.41) is 8.38. The number of fused-ring (bicyclic) bond motifs is 1. The molecule has 0 aliphatic carbocycles. The van der Waals surface area contributed by atoms with Gasteiger partial charge in [0.05, 0.1) is 18.8 Å². The van der Waals surface area contributed by atoms with Gasteiger partial charge >= 0.3 is 0 Å². The van der Waals surface area contributed by atoms with Gasteiger partial charge in [-0.2, -0.15) is 0 Å². The molecular formula is C25H27N5O4. The monoisotopic (exact) mass is 461 g/mol. The van der Waals surface area contributed by atoms with Crippen LogP contribution in [0.15, 0.2) is 60.7 Å². The van der Waals surface area contributed by atoms with E-state index in [-0.39, 0.29) is 24.5 Å². The number of benzene rings is 2. The average molecular weight is 462 g/mol. The highest BCUT2D eigenvalue weighted by atomic mass is 16.5. The number of hydrogen-bond acceptors (Lipinski definition) is 6. The minimum atomic E-state index is -0.594. The molecule has 2 aliphatic heterocycles. The lowest BCUT2D eigenvalue weighted by Crippen LogP contribution is -2.53. The molecule has 0 bridgehead atoms. The second-order valence-electron chi connectivity index (χ2n) is 8.47. The van der Waals surface area contributed by atoms with Gasteiger partial charge in [-0.3, -0.25) is 9.59 Å². The normalized spacial score (nSPS) is 18.8.